The Balaban J connectivity index is 3.57. The lowest BCUT2D eigenvalue weighted by atomic mass is 10.1. The summed E-state index contributed by atoms with van der Waals surface area (Å²) in [6, 6.07) is 0. The van der Waals surface area contributed by atoms with Crippen LogP contribution in [-0.4, -0.2) is 26.4 Å². The topological polar surface area (TPSA) is 73.9 Å². The third-order valence-corrected chi connectivity index (χ3v) is 2.21. The molecule has 5 heteroatoms. The largest absolute Gasteiger partial charge is 0.503 e. The quantitative estimate of drug-likeness (QED) is 0.585. The summed E-state index contributed by atoms with van der Waals surface area (Å²) in [4.78, 5) is 0. The molecule has 15 heavy (non-hydrogen) atoms. The highest BCUT2D eigenvalue weighted by Gasteiger charge is 2.21. The van der Waals surface area contributed by atoms with Gasteiger partial charge in [0.05, 0.1) is 21.3 Å². The lowest BCUT2D eigenvalue weighted by molar-refractivity contribution is 0.326. The maximum Gasteiger partial charge on any atom is 0.205 e. The van der Waals surface area contributed by atoms with Crippen LogP contribution in [-0.2, 0) is 0 Å². The fourth-order valence-electron chi connectivity index (χ4n) is 1.51. The molecular formula is C10H15NO4. The Kier molecular flexibility index (Phi) is 3.14. The van der Waals surface area contributed by atoms with Crippen molar-refractivity contribution in [3.05, 3.63) is 5.56 Å². The molecule has 84 valence electrons. The Morgan fingerprint density at radius 1 is 0.933 bits per heavy atom. The summed E-state index contributed by atoms with van der Waals surface area (Å²) in [5, 5.41) is 9.74. The first kappa shape index (κ1) is 11.3. The summed E-state index contributed by atoms with van der Waals surface area (Å²) >= 11 is 0. The third-order valence-electron chi connectivity index (χ3n) is 2.21. The van der Waals surface area contributed by atoms with Crippen molar-refractivity contribution in [1.29, 1.82) is 0 Å². The number of benzene rings is 1. The first-order chi connectivity index (χ1) is 7.08. The number of hydrogen-bond donors (Lipinski definition) is 2. The van der Waals surface area contributed by atoms with Crippen molar-refractivity contribution in [2.45, 2.75) is 6.92 Å². The second kappa shape index (κ2) is 4.16. The summed E-state index contributed by atoms with van der Waals surface area (Å²) in [5.74, 6) is 0.858. The SMILES string of the molecule is COc1c(C)c(OC)c(OC)c(O)c1N. The van der Waals surface area contributed by atoms with Gasteiger partial charge in [-0.15, -0.1) is 0 Å². The smallest absolute Gasteiger partial charge is 0.205 e. The van der Waals surface area contributed by atoms with Crippen molar-refractivity contribution in [3.63, 3.8) is 0 Å². The van der Waals surface area contributed by atoms with Crippen LogP contribution in [0.5, 0.6) is 23.0 Å². The van der Waals surface area contributed by atoms with Crippen LogP contribution in [0.15, 0.2) is 0 Å². The molecule has 0 amide bonds. The molecule has 0 heterocycles. The zero-order valence-electron chi connectivity index (χ0n) is 9.25. The number of hydrogen-bond acceptors (Lipinski definition) is 5. The molecule has 1 aromatic rings. The zero-order chi connectivity index (χ0) is 11.6. The van der Waals surface area contributed by atoms with Crippen LogP contribution in [0.1, 0.15) is 5.56 Å². The van der Waals surface area contributed by atoms with E-state index in [1.165, 1.54) is 21.3 Å². The number of aromatic hydroxyl groups is 1. The predicted molar refractivity (Wildman–Crippen MR) is 56.9 cm³/mol. The van der Waals surface area contributed by atoms with Gasteiger partial charge in [-0.05, 0) is 6.92 Å². The summed E-state index contributed by atoms with van der Waals surface area (Å²) in [6.45, 7) is 1.77. The molecule has 1 rings (SSSR count). The number of nitrogen functional groups attached to an aromatic ring is 1. The van der Waals surface area contributed by atoms with Gasteiger partial charge in [0.15, 0.2) is 17.2 Å². The van der Waals surface area contributed by atoms with E-state index >= 15 is 0 Å². The molecule has 0 atom stereocenters. The van der Waals surface area contributed by atoms with Crippen molar-refractivity contribution in [2.75, 3.05) is 27.1 Å². The highest BCUT2D eigenvalue weighted by Crippen LogP contribution is 2.49. The van der Waals surface area contributed by atoms with Gasteiger partial charge in [0.2, 0.25) is 5.75 Å². The van der Waals surface area contributed by atoms with Gasteiger partial charge in [0, 0.05) is 5.56 Å². The number of phenols is 1. The van der Waals surface area contributed by atoms with Gasteiger partial charge in [-0.1, -0.05) is 0 Å². The highest BCUT2D eigenvalue weighted by atomic mass is 16.5. The Hall–Kier alpha value is -1.78. The zero-order valence-corrected chi connectivity index (χ0v) is 9.25. The molecule has 0 bridgehead atoms. The highest BCUT2D eigenvalue weighted by molar-refractivity contribution is 5.75. The summed E-state index contributed by atoms with van der Waals surface area (Å²) < 4.78 is 15.2. The van der Waals surface area contributed by atoms with E-state index in [1.807, 2.05) is 0 Å². The van der Waals surface area contributed by atoms with E-state index in [2.05, 4.69) is 0 Å². The first-order valence-corrected chi connectivity index (χ1v) is 4.35. The van der Waals surface area contributed by atoms with E-state index in [4.69, 9.17) is 19.9 Å². The standard InChI is InChI=1S/C10H15NO4/c1-5-8(13-2)6(11)7(12)10(15-4)9(5)14-3/h12H,11H2,1-4H3. The summed E-state index contributed by atoms with van der Waals surface area (Å²) in [7, 11) is 4.40. The molecule has 0 unspecified atom stereocenters. The van der Waals surface area contributed by atoms with Gasteiger partial charge in [0.25, 0.3) is 0 Å². The van der Waals surface area contributed by atoms with Gasteiger partial charge >= 0.3 is 0 Å². The molecule has 0 spiro atoms. The van der Waals surface area contributed by atoms with Crippen molar-refractivity contribution in [1.82, 2.24) is 0 Å². The second-order valence-electron chi connectivity index (χ2n) is 2.99. The van der Waals surface area contributed by atoms with Gasteiger partial charge < -0.3 is 25.1 Å². The number of ether oxygens (including phenoxy) is 3. The minimum Gasteiger partial charge on any atom is -0.503 e. The molecule has 0 aromatic heterocycles. The Bertz CT molecular complexity index is 376. The molecule has 0 aliphatic heterocycles. The Morgan fingerprint density at radius 3 is 1.80 bits per heavy atom. The van der Waals surface area contributed by atoms with Crippen LogP contribution in [0.4, 0.5) is 5.69 Å². The van der Waals surface area contributed by atoms with Crippen LogP contribution in [0.2, 0.25) is 0 Å². The number of phenolic OH excluding ortho intramolecular Hbond substituents is 1. The van der Waals surface area contributed by atoms with Gasteiger partial charge in [0.1, 0.15) is 5.69 Å². The van der Waals surface area contributed by atoms with E-state index in [9.17, 15) is 5.11 Å². The maximum atomic E-state index is 9.74. The van der Waals surface area contributed by atoms with Gasteiger partial charge in [-0.25, -0.2) is 0 Å². The molecule has 0 aliphatic carbocycles. The predicted octanol–water partition coefficient (Wildman–Crippen LogP) is 1.31. The van der Waals surface area contributed by atoms with Gasteiger partial charge in [-0.2, -0.15) is 0 Å². The normalized spacial score (nSPS) is 9.87. The molecule has 0 aliphatic rings. The van der Waals surface area contributed by atoms with Crippen LogP contribution >= 0.6 is 0 Å². The minimum absolute atomic E-state index is 0.146. The average molecular weight is 213 g/mol. The number of methoxy groups -OCH3 is 3. The fourth-order valence-corrected chi connectivity index (χ4v) is 1.51. The van der Waals surface area contributed by atoms with Crippen molar-refractivity contribution in [2.24, 2.45) is 0 Å². The number of anilines is 1. The van der Waals surface area contributed by atoms with E-state index < -0.39 is 0 Å². The monoisotopic (exact) mass is 213 g/mol. The minimum atomic E-state index is -0.170. The number of nitrogens with two attached hydrogens (primary N) is 1. The Morgan fingerprint density at radius 2 is 1.40 bits per heavy atom. The molecule has 3 N–H and O–H groups in total. The van der Waals surface area contributed by atoms with E-state index in [0.29, 0.717) is 17.1 Å². The molecule has 0 fully saturated rings. The maximum absolute atomic E-state index is 9.74. The van der Waals surface area contributed by atoms with Crippen molar-refractivity contribution < 1.29 is 19.3 Å². The second-order valence-corrected chi connectivity index (χ2v) is 2.99. The van der Waals surface area contributed by atoms with E-state index in [-0.39, 0.29) is 17.2 Å². The first-order valence-electron chi connectivity index (χ1n) is 4.35. The third kappa shape index (κ3) is 1.60. The molecule has 5 nitrogen and oxygen atoms in total. The van der Waals surface area contributed by atoms with E-state index in [0.717, 1.165) is 0 Å². The van der Waals surface area contributed by atoms with Gasteiger partial charge in [-0.3, -0.25) is 0 Å². The van der Waals surface area contributed by atoms with Crippen LogP contribution in [0.3, 0.4) is 0 Å². The average Bonchev–Trinajstić information content (AvgIpc) is 2.23. The summed E-state index contributed by atoms with van der Waals surface area (Å²) in [5.41, 5.74) is 6.52. The number of rotatable bonds is 3. The molecular weight excluding hydrogens is 198 g/mol. The van der Waals surface area contributed by atoms with Crippen molar-refractivity contribution >= 4 is 5.69 Å². The van der Waals surface area contributed by atoms with Crippen LogP contribution in [0.25, 0.3) is 0 Å². The molecule has 0 saturated heterocycles. The summed E-state index contributed by atoms with van der Waals surface area (Å²) in [6.07, 6.45) is 0. The molecule has 1 aromatic carbocycles. The van der Waals surface area contributed by atoms with Crippen LogP contribution < -0.4 is 19.9 Å². The molecule has 0 radical (unpaired) electrons. The van der Waals surface area contributed by atoms with Crippen LogP contribution in [0, 0.1) is 6.92 Å². The fraction of sp³-hybridized carbons (Fsp3) is 0.400. The van der Waals surface area contributed by atoms with E-state index in [1.54, 1.807) is 6.92 Å². The lowest BCUT2D eigenvalue weighted by Crippen LogP contribution is -2.01. The Labute approximate surface area is 88.4 Å². The molecule has 0 saturated carbocycles. The van der Waals surface area contributed by atoms with Crippen molar-refractivity contribution in [3.8, 4) is 23.0 Å². The lowest BCUT2D eigenvalue weighted by Gasteiger charge is -2.17.